The van der Waals surface area contributed by atoms with Crippen LogP contribution in [0.15, 0.2) is 4.52 Å². The minimum absolute atomic E-state index is 0.0215. The summed E-state index contributed by atoms with van der Waals surface area (Å²) >= 11 is 0. The van der Waals surface area contributed by atoms with Gasteiger partial charge in [-0.15, -0.1) is 0 Å². The fourth-order valence-electron chi connectivity index (χ4n) is 2.24. The molecule has 1 fully saturated rings. The van der Waals surface area contributed by atoms with Crippen molar-refractivity contribution in [3.63, 3.8) is 0 Å². The highest BCUT2D eigenvalue weighted by molar-refractivity contribution is 5.78. The maximum Gasteiger partial charge on any atom is 0.234 e. The van der Waals surface area contributed by atoms with Gasteiger partial charge in [-0.2, -0.15) is 4.98 Å². The number of hydrogen-bond donors (Lipinski definition) is 1. The second kappa shape index (κ2) is 7.69. The zero-order valence-electron chi connectivity index (χ0n) is 13.8. The minimum atomic E-state index is -0.130. The summed E-state index contributed by atoms with van der Waals surface area (Å²) in [6, 6.07) is -0.130. The number of morpholine rings is 1. The van der Waals surface area contributed by atoms with E-state index < -0.39 is 0 Å². The lowest BCUT2D eigenvalue weighted by Gasteiger charge is -2.33. The molecule has 1 atom stereocenters. The van der Waals surface area contributed by atoms with E-state index in [2.05, 4.69) is 29.3 Å². The Morgan fingerprint density at radius 2 is 2.18 bits per heavy atom. The van der Waals surface area contributed by atoms with Crippen LogP contribution in [0.5, 0.6) is 0 Å². The van der Waals surface area contributed by atoms with Gasteiger partial charge >= 0.3 is 0 Å². The smallest absolute Gasteiger partial charge is 0.234 e. The Morgan fingerprint density at radius 3 is 2.82 bits per heavy atom. The molecular formula is C15H26N4O3. The summed E-state index contributed by atoms with van der Waals surface area (Å²) in [6.45, 7) is 11.0. The van der Waals surface area contributed by atoms with Gasteiger partial charge in [0, 0.05) is 19.0 Å². The lowest BCUT2D eigenvalue weighted by molar-refractivity contribution is -0.125. The molecule has 7 nitrogen and oxygen atoms in total. The number of ether oxygens (including phenoxy) is 1. The predicted molar refractivity (Wildman–Crippen MR) is 81.4 cm³/mol. The molecule has 1 amide bonds. The molecule has 1 aromatic heterocycles. The monoisotopic (exact) mass is 310 g/mol. The molecule has 22 heavy (non-hydrogen) atoms. The van der Waals surface area contributed by atoms with Crippen LogP contribution >= 0.6 is 0 Å². The number of nitrogens with one attached hydrogen (secondary N) is 1. The van der Waals surface area contributed by atoms with E-state index in [-0.39, 0.29) is 17.9 Å². The van der Waals surface area contributed by atoms with Gasteiger partial charge in [0.1, 0.15) is 0 Å². The topological polar surface area (TPSA) is 80.5 Å². The quantitative estimate of drug-likeness (QED) is 0.854. The van der Waals surface area contributed by atoms with Crippen LogP contribution < -0.4 is 5.32 Å². The molecule has 0 saturated carbocycles. The largest absolute Gasteiger partial charge is 0.378 e. The fourth-order valence-corrected chi connectivity index (χ4v) is 2.24. The van der Waals surface area contributed by atoms with Crippen molar-refractivity contribution in [2.24, 2.45) is 5.92 Å². The second-order valence-electron chi connectivity index (χ2n) is 6.40. The van der Waals surface area contributed by atoms with Gasteiger partial charge in [-0.05, 0) is 5.92 Å². The van der Waals surface area contributed by atoms with Crippen LogP contribution in [0.2, 0.25) is 0 Å². The number of hydrogen-bond acceptors (Lipinski definition) is 6. The van der Waals surface area contributed by atoms with Crippen molar-refractivity contribution in [3.05, 3.63) is 11.7 Å². The van der Waals surface area contributed by atoms with E-state index in [0.717, 1.165) is 0 Å². The average Bonchev–Trinajstić information content (AvgIpc) is 2.95. The first-order valence-corrected chi connectivity index (χ1v) is 7.89. The van der Waals surface area contributed by atoms with E-state index in [1.165, 1.54) is 0 Å². The molecule has 2 heterocycles. The number of carbonyl (C=O) groups excluding carboxylic acids is 1. The molecule has 1 aliphatic heterocycles. The van der Waals surface area contributed by atoms with Gasteiger partial charge in [0.2, 0.25) is 11.8 Å². The summed E-state index contributed by atoms with van der Waals surface area (Å²) in [4.78, 5) is 18.5. The number of rotatable bonds is 6. The van der Waals surface area contributed by atoms with Gasteiger partial charge in [-0.25, -0.2) is 0 Å². The Labute approximate surface area is 131 Å². The number of aromatic nitrogens is 2. The summed E-state index contributed by atoms with van der Waals surface area (Å²) < 4.78 is 10.8. The molecule has 1 N–H and O–H groups in total. The molecule has 0 unspecified atom stereocenters. The molecule has 0 aromatic carbocycles. The standard InChI is InChI=1S/C15H26N4O3/c1-10(2)7-16-13(20)8-19-5-6-21-9-12(19)14-17-15(11(3)4)22-18-14/h10-12H,5-9H2,1-4H3,(H,16,20)/t12-/m1/s1. The first-order chi connectivity index (χ1) is 10.5. The normalized spacial score (nSPS) is 19.8. The van der Waals surface area contributed by atoms with Crippen LogP contribution in [-0.4, -0.2) is 53.8 Å². The van der Waals surface area contributed by atoms with Crippen molar-refractivity contribution in [2.75, 3.05) is 32.8 Å². The van der Waals surface area contributed by atoms with Crippen molar-refractivity contribution in [1.82, 2.24) is 20.4 Å². The van der Waals surface area contributed by atoms with Crippen LogP contribution in [0.3, 0.4) is 0 Å². The van der Waals surface area contributed by atoms with Crippen LogP contribution in [0.1, 0.15) is 51.4 Å². The summed E-state index contributed by atoms with van der Waals surface area (Å²) in [7, 11) is 0. The van der Waals surface area contributed by atoms with Gasteiger partial charge in [0.15, 0.2) is 5.82 Å². The van der Waals surface area contributed by atoms with Crippen molar-refractivity contribution >= 4 is 5.91 Å². The Morgan fingerprint density at radius 1 is 1.41 bits per heavy atom. The highest BCUT2D eigenvalue weighted by Crippen LogP contribution is 2.23. The molecule has 0 radical (unpaired) electrons. The van der Waals surface area contributed by atoms with Crippen LogP contribution in [-0.2, 0) is 9.53 Å². The van der Waals surface area contributed by atoms with E-state index >= 15 is 0 Å². The fraction of sp³-hybridized carbons (Fsp3) is 0.800. The van der Waals surface area contributed by atoms with Gasteiger partial charge in [0.05, 0.1) is 25.8 Å². The van der Waals surface area contributed by atoms with Gasteiger partial charge in [-0.3, -0.25) is 9.69 Å². The van der Waals surface area contributed by atoms with Crippen molar-refractivity contribution in [2.45, 2.75) is 39.7 Å². The zero-order valence-corrected chi connectivity index (χ0v) is 13.8. The third-order valence-electron chi connectivity index (χ3n) is 3.54. The summed E-state index contributed by atoms with van der Waals surface area (Å²) in [6.07, 6.45) is 0. The molecular weight excluding hydrogens is 284 g/mol. The molecule has 124 valence electrons. The predicted octanol–water partition coefficient (Wildman–Crippen LogP) is 1.34. The zero-order chi connectivity index (χ0) is 16.1. The van der Waals surface area contributed by atoms with Crippen molar-refractivity contribution in [1.29, 1.82) is 0 Å². The van der Waals surface area contributed by atoms with Crippen LogP contribution in [0.4, 0.5) is 0 Å². The molecule has 7 heteroatoms. The molecule has 0 bridgehead atoms. The molecule has 0 aliphatic carbocycles. The Hall–Kier alpha value is -1.47. The molecule has 2 rings (SSSR count). The summed E-state index contributed by atoms with van der Waals surface area (Å²) in [5, 5.41) is 6.99. The highest BCUT2D eigenvalue weighted by atomic mass is 16.5. The maximum atomic E-state index is 12.0. The molecule has 1 aromatic rings. The minimum Gasteiger partial charge on any atom is -0.378 e. The number of nitrogens with zero attached hydrogens (tertiary/aromatic N) is 3. The van der Waals surface area contributed by atoms with Crippen LogP contribution in [0.25, 0.3) is 0 Å². The molecule has 1 aliphatic rings. The van der Waals surface area contributed by atoms with E-state index in [0.29, 0.717) is 50.5 Å². The number of carbonyl (C=O) groups is 1. The summed E-state index contributed by atoms with van der Waals surface area (Å²) in [5.41, 5.74) is 0. The SMILES string of the molecule is CC(C)CNC(=O)CN1CCOC[C@@H]1c1noc(C(C)C)n1. The van der Waals surface area contributed by atoms with Gasteiger partial charge in [0.25, 0.3) is 0 Å². The van der Waals surface area contributed by atoms with Crippen LogP contribution in [0, 0.1) is 5.92 Å². The lowest BCUT2D eigenvalue weighted by Crippen LogP contribution is -2.46. The third kappa shape index (κ3) is 4.51. The summed E-state index contributed by atoms with van der Waals surface area (Å²) in [5.74, 6) is 1.86. The van der Waals surface area contributed by atoms with E-state index in [1.54, 1.807) is 0 Å². The van der Waals surface area contributed by atoms with E-state index in [4.69, 9.17) is 9.26 Å². The Bertz CT molecular complexity index is 487. The van der Waals surface area contributed by atoms with E-state index in [1.807, 2.05) is 18.7 Å². The highest BCUT2D eigenvalue weighted by Gasteiger charge is 2.30. The van der Waals surface area contributed by atoms with Gasteiger partial charge < -0.3 is 14.6 Å². The maximum absolute atomic E-state index is 12.0. The molecule has 0 spiro atoms. The third-order valence-corrected chi connectivity index (χ3v) is 3.54. The molecule has 1 saturated heterocycles. The second-order valence-corrected chi connectivity index (χ2v) is 6.40. The first kappa shape index (κ1) is 16.9. The van der Waals surface area contributed by atoms with Gasteiger partial charge in [-0.1, -0.05) is 32.9 Å². The lowest BCUT2D eigenvalue weighted by atomic mass is 10.2. The Balaban J connectivity index is 1.99. The first-order valence-electron chi connectivity index (χ1n) is 7.89. The average molecular weight is 310 g/mol. The van der Waals surface area contributed by atoms with E-state index in [9.17, 15) is 4.79 Å². The number of amides is 1. The Kier molecular flexibility index (Phi) is 5.90. The van der Waals surface area contributed by atoms with Crippen molar-refractivity contribution in [3.8, 4) is 0 Å². The van der Waals surface area contributed by atoms with Crippen molar-refractivity contribution < 1.29 is 14.1 Å².